The Morgan fingerprint density at radius 1 is 1.18 bits per heavy atom. The van der Waals surface area contributed by atoms with E-state index in [1.807, 2.05) is 0 Å². The van der Waals surface area contributed by atoms with Crippen LogP contribution < -0.4 is 5.32 Å². The molecule has 0 aliphatic heterocycles. The highest BCUT2D eigenvalue weighted by Gasteiger charge is 2.32. The molecular formula is C16H14F3NO2. The SMILES string of the molecule is Cc1ccc(NC(=O)c2ccccc2CO)cc1C(F)(F)F. The van der Waals surface area contributed by atoms with Gasteiger partial charge in [-0.25, -0.2) is 0 Å². The van der Waals surface area contributed by atoms with Crippen LogP contribution in [0, 0.1) is 6.92 Å². The third kappa shape index (κ3) is 3.46. The molecule has 0 heterocycles. The molecule has 1 amide bonds. The summed E-state index contributed by atoms with van der Waals surface area (Å²) in [4.78, 5) is 12.1. The van der Waals surface area contributed by atoms with Gasteiger partial charge in [-0.15, -0.1) is 0 Å². The topological polar surface area (TPSA) is 49.3 Å². The zero-order valence-corrected chi connectivity index (χ0v) is 11.7. The number of aliphatic hydroxyl groups excluding tert-OH is 1. The minimum Gasteiger partial charge on any atom is -0.392 e. The van der Waals surface area contributed by atoms with Crippen molar-refractivity contribution >= 4 is 11.6 Å². The van der Waals surface area contributed by atoms with E-state index in [1.54, 1.807) is 18.2 Å². The van der Waals surface area contributed by atoms with Gasteiger partial charge < -0.3 is 10.4 Å². The third-order valence-electron chi connectivity index (χ3n) is 3.23. The van der Waals surface area contributed by atoms with Crippen LogP contribution >= 0.6 is 0 Å². The van der Waals surface area contributed by atoms with Crippen molar-refractivity contribution in [2.45, 2.75) is 19.7 Å². The second-order valence-corrected chi connectivity index (χ2v) is 4.80. The monoisotopic (exact) mass is 309 g/mol. The van der Waals surface area contributed by atoms with Crippen LogP contribution in [0.1, 0.15) is 27.0 Å². The first kappa shape index (κ1) is 16.0. The van der Waals surface area contributed by atoms with Gasteiger partial charge in [-0.1, -0.05) is 24.3 Å². The molecule has 0 aliphatic rings. The molecule has 0 radical (unpaired) electrons. The number of carbonyl (C=O) groups is 1. The van der Waals surface area contributed by atoms with Gasteiger partial charge in [0.05, 0.1) is 12.2 Å². The van der Waals surface area contributed by atoms with Crippen molar-refractivity contribution in [1.29, 1.82) is 0 Å². The molecule has 0 bridgehead atoms. The number of hydrogen-bond donors (Lipinski definition) is 2. The van der Waals surface area contributed by atoms with Gasteiger partial charge in [0.1, 0.15) is 0 Å². The normalized spacial score (nSPS) is 11.3. The van der Waals surface area contributed by atoms with Gasteiger partial charge in [-0.2, -0.15) is 13.2 Å². The summed E-state index contributed by atoms with van der Waals surface area (Å²) in [6.07, 6.45) is -4.48. The first-order chi connectivity index (χ1) is 10.3. The second kappa shape index (κ2) is 6.19. The van der Waals surface area contributed by atoms with E-state index in [-0.39, 0.29) is 23.4 Å². The third-order valence-corrected chi connectivity index (χ3v) is 3.23. The smallest absolute Gasteiger partial charge is 0.392 e. The molecular weight excluding hydrogens is 295 g/mol. The minimum absolute atomic E-state index is 0.0515. The molecule has 0 fully saturated rings. The molecule has 0 aliphatic carbocycles. The number of alkyl halides is 3. The molecule has 0 unspecified atom stereocenters. The Hall–Kier alpha value is -2.34. The van der Waals surface area contributed by atoms with Crippen LogP contribution in [0.4, 0.5) is 18.9 Å². The van der Waals surface area contributed by atoms with Crippen LogP contribution in [0.2, 0.25) is 0 Å². The van der Waals surface area contributed by atoms with E-state index in [2.05, 4.69) is 5.32 Å². The number of amides is 1. The lowest BCUT2D eigenvalue weighted by molar-refractivity contribution is -0.138. The van der Waals surface area contributed by atoms with E-state index in [0.717, 1.165) is 6.07 Å². The van der Waals surface area contributed by atoms with Crippen LogP contribution in [0.5, 0.6) is 0 Å². The largest absolute Gasteiger partial charge is 0.416 e. The summed E-state index contributed by atoms with van der Waals surface area (Å²) in [6, 6.07) is 9.96. The van der Waals surface area contributed by atoms with Crippen LogP contribution in [0.15, 0.2) is 42.5 Å². The molecule has 2 N–H and O–H groups in total. The lowest BCUT2D eigenvalue weighted by Crippen LogP contribution is -2.15. The van der Waals surface area contributed by atoms with E-state index >= 15 is 0 Å². The Labute approximate surface area is 125 Å². The van der Waals surface area contributed by atoms with Crippen molar-refractivity contribution in [3.05, 3.63) is 64.7 Å². The number of rotatable bonds is 3. The standard InChI is InChI=1S/C16H14F3NO2/c1-10-6-7-12(8-14(10)16(17,18)19)20-15(22)13-5-3-2-4-11(13)9-21/h2-8,21H,9H2,1H3,(H,20,22). The van der Waals surface area contributed by atoms with Gasteiger partial charge in [0, 0.05) is 11.3 Å². The van der Waals surface area contributed by atoms with E-state index in [4.69, 9.17) is 0 Å². The lowest BCUT2D eigenvalue weighted by atomic mass is 10.1. The number of aliphatic hydroxyl groups is 1. The predicted molar refractivity (Wildman–Crippen MR) is 76.5 cm³/mol. The fraction of sp³-hybridized carbons (Fsp3) is 0.188. The number of nitrogens with one attached hydrogen (secondary N) is 1. The molecule has 2 rings (SSSR count). The van der Waals surface area contributed by atoms with E-state index < -0.39 is 17.6 Å². The van der Waals surface area contributed by atoms with E-state index in [9.17, 15) is 23.1 Å². The fourth-order valence-electron chi connectivity index (χ4n) is 2.08. The van der Waals surface area contributed by atoms with Gasteiger partial charge in [0.25, 0.3) is 5.91 Å². The molecule has 2 aromatic rings. The first-order valence-electron chi connectivity index (χ1n) is 6.51. The molecule has 0 saturated carbocycles. The number of halogens is 3. The fourth-order valence-corrected chi connectivity index (χ4v) is 2.08. The van der Waals surface area contributed by atoms with Gasteiger partial charge >= 0.3 is 6.18 Å². The molecule has 0 spiro atoms. The van der Waals surface area contributed by atoms with E-state index in [1.165, 1.54) is 25.1 Å². The number of aryl methyl sites for hydroxylation is 1. The zero-order valence-electron chi connectivity index (χ0n) is 11.7. The van der Waals surface area contributed by atoms with Crippen molar-refractivity contribution in [3.63, 3.8) is 0 Å². The maximum Gasteiger partial charge on any atom is 0.416 e. The summed E-state index contributed by atoms with van der Waals surface area (Å²) in [5.74, 6) is -0.568. The molecule has 2 aromatic carbocycles. The lowest BCUT2D eigenvalue weighted by Gasteiger charge is -2.13. The Balaban J connectivity index is 2.29. The number of hydrogen-bond acceptors (Lipinski definition) is 2. The van der Waals surface area contributed by atoms with Gasteiger partial charge in [0.2, 0.25) is 0 Å². The molecule has 3 nitrogen and oxygen atoms in total. The Kier molecular flexibility index (Phi) is 4.51. The molecule has 0 aromatic heterocycles. The van der Waals surface area contributed by atoms with Crippen LogP contribution in [0.3, 0.4) is 0 Å². The quantitative estimate of drug-likeness (QED) is 0.907. The second-order valence-electron chi connectivity index (χ2n) is 4.80. The minimum atomic E-state index is -4.48. The molecule has 22 heavy (non-hydrogen) atoms. The summed E-state index contributed by atoms with van der Waals surface area (Å²) < 4.78 is 38.6. The molecule has 6 heteroatoms. The maximum atomic E-state index is 12.9. The summed E-state index contributed by atoms with van der Waals surface area (Å²) in [5, 5.41) is 11.6. The summed E-state index contributed by atoms with van der Waals surface area (Å²) in [5.41, 5.74) is -0.0278. The zero-order chi connectivity index (χ0) is 16.3. The summed E-state index contributed by atoms with van der Waals surface area (Å²) >= 11 is 0. The highest BCUT2D eigenvalue weighted by Crippen LogP contribution is 2.33. The van der Waals surface area contributed by atoms with Crippen molar-refractivity contribution < 1.29 is 23.1 Å². The Morgan fingerprint density at radius 3 is 2.50 bits per heavy atom. The summed E-state index contributed by atoms with van der Waals surface area (Å²) in [7, 11) is 0. The number of carbonyl (C=O) groups excluding carboxylic acids is 1. The van der Waals surface area contributed by atoms with Crippen molar-refractivity contribution in [1.82, 2.24) is 0 Å². The van der Waals surface area contributed by atoms with Crippen molar-refractivity contribution in [2.24, 2.45) is 0 Å². The molecule has 0 atom stereocenters. The molecule has 116 valence electrons. The Bertz CT molecular complexity index is 696. The average Bonchev–Trinajstić information content (AvgIpc) is 2.48. The average molecular weight is 309 g/mol. The maximum absolute atomic E-state index is 12.9. The van der Waals surface area contributed by atoms with Crippen LogP contribution in [-0.2, 0) is 12.8 Å². The molecule has 0 saturated heterocycles. The van der Waals surface area contributed by atoms with E-state index in [0.29, 0.717) is 5.56 Å². The summed E-state index contributed by atoms with van der Waals surface area (Å²) in [6.45, 7) is 1.03. The van der Waals surface area contributed by atoms with Crippen molar-refractivity contribution in [3.8, 4) is 0 Å². The van der Waals surface area contributed by atoms with Crippen LogP contribution in [-0.4, -0.2) is 11.0 Å². The highest BCUT2D eigenvalue weighted by molar-refractivity contribution is 6.05. The highest BCUT2D eigenvalue weighted by atomic mass is 19.4. The Morgan fingerprint density at radius 2 is 1.86 bits per heavy atom. The van der Waals surface area contributed by atoms with Gasteiger partial charge in [-0.3, -0.25) is 4.79 Å². The number of anilines is 1. The van der Waals surface area contributed by atoms with Crippen molar-refractivity contribution in [2.75, 3.05) is 5.32 Å². The number of benzene rings is 2. The van der Waals surface area contributed by atoms with Crippen LogP contribution in [0.25, 0.3) is 0 Å². The van der Waals surface area contributed by atoms with Gasteiger partial charge in [0.15, 0.2) is 0 Å². The first-order valence-corrected chi connectivity index (χ1v) is 6.51. The predicted octanol–water partition coefficient (Wildman–Crippen LogP) is 3.76. The van der Waals surface area contributed by atoms with Gasteiger partial charge in [-0.05, 0) is 36.2 Å².